The van der Waals surface area contributed by atoms with Gasteiger partial charge in [0, 0.05) is 6.54 Å². The van der Waals surface area contributed by atoms with E-state index in [2.05, 4.69) is 20.9 Å². The van der Waals surface area contributed by atoms with Gasteiger partial charge in [0.1, 0.15) is 11.6 Å². The van der Waals surface area contributed by atoms with Crippen molar-refractivity contribution in [2.24, 2.45) is 0 Å². The molecule has 0 bridgehead atoms. The van der Waals surface area contributed by atoms with Crippen LogP contribution in [0.2, 0.25) is 5.02 Å². The molecule has 104 valence electrons. The third-order valence-corrected chi connectivity index (χ3v) is 4.14. The second-order valence-corrected chi connectivity index (χ2v) is 5.64. The molecular formula is C12H11ClN4O2S. The summed E-state index contributed by atoms with van der Waals surface area (Å²) in [7, 11) is 0. The highest BCUT2D eigenvalue weighted by Gasteiger charge is 2.25. The minimum atomic E-state index is -0.474. The van der Waals surface area contributed by atoms with Crippen LogP contribution in [-0.4, -0.2) is 35.9 Å². The molecule has 2 aromatic rings. The first kappa shape index (κ1) is 13.3. The zero-order valence-electron chi connectivity index (χ0n) is 10.3. The van der Waals surface area contributed by atoms with Crippen LogP contribution in [0.25, 0.3) is 10.2 Å². The lowest BCUT2D eigenvalue weighted by Crippen LogP contribution is -2.56. The van der Waals surface area contributed by atoms with Gasteiger partial charge in [-0.05, 0) is 12.1 Å². The van der Waals surface area contributed by atoms with Crippen LogP contribution in [-0.2, 0) is 9.59 Å². The maximum Gasteiger partial charge on any atom is 0.243 e. The van der Waals surface area contributed by atoms with Crippen molar-refractivity contribution in [3.05, 3.63) is 22.7 Å². The number of carbonyl (C=O) groups is 2. The highest BCUT2D eigenvalue weighted by atomic mass is 35.5. The zero-order chi connectivity index (χ0) is 14.1. The molecule has 8 heteroatoms. The van der Waals surface area contributed by atoms with Crippen LogP contribution in [0.4, 0.5) is 5.69 Å². The summed E-state index contributed by atoms with van der Waals surface area (Å²) >= 11 is 7.61. The summed E-state index contributed by atoms with van der Waals surface area (Å²) in [6.07, 6.45) is 0. The molecule has 3 N–H and O–H groups in total. The summed E-state index contributed by atoms with van der Waals surface area (Å²) < 4.78 is 0.953. The van der Waals surface area contributed by atoms with Gasteiger partial charge in [0.15, 0.2) is 0 Å². The van der Waals surface area contributed by atoms with Gasteiger partial charge in [0.2, 0.25) is 11.8 Å². The number of hydrogen-bond acceptors (Lipinski definition) is 5. The van der Waals surface area contributed by atoms with Crippen molar-refractivity contribution in [2.45, 2.75) is 6.04 Å². The molecule has 1 aliphatic heterocycles. The van der Waals surface area contributed by atoms with Crippen molar-refractivity contribution in [1.29, 1.82) is 0 Å². The quantitative estimate of drug-likeness (QED) is 0.772. The maximum absolute atomic E-state index is 12.2. The molecule has 0 saturated carbocycles. The number of piperazine rings is 1. The van der Waals surface area contributed by atoms with E-state index in [0.29, 0.717) is 16.2 Å². The van der Waals surface area contributed by atoms with E-state index in [-0.39, 0.29) is 24.9 Å². The van der Waals surface area contributed by atoms with Gasteiger partial charge in [-0.3, -0.25) is 14.9 Å². The maximum atomic E-state index is 12.2. The number of aromatic nitrogens is 1. The molecule has 3 rings (SSSR count). The zero-order valence-corrected chi connectivity index (χ0v) is 11.8. The Morgan fingerprint density at radius 3 is 3.10 bits per heavy atom. The largest absolute Gasteiger partial charge is 0.353 e. The normalized spacial score (nSPS) is 18.9. The van der Waals surface area contributed by atoms with Crippen molar-refractivity contribution in [1.82, 2.24) is 15.6 Å². The smallest absolute Gasteiger partial charge is 0.243 e. The average molecular weight is 311 g/mol. The van der Waals surface area contributed by atoms with Crippen LogP contribution in [0.5, 0.6) is 0 Å². The van der Waals surface area contributed by atoms with Crippen LogP contribution in [0.1, 0.15) is 0 Å². The van der Waals surface area contributed by atoms with E-state index in [0.717, 1.165) is 4.70 Å². The summed E-state index contributed by atoms with van der Waals surface area (Å²) in [5.74, 6) is -0.360. The molecule has 1 aromatic heterocycles. The van der Waals surface area contributed by atoms with Crippen molar-refractivity contribution < 1.29 is 9.59 Å². The number of amides is 2. The SMILES string of the molecule is O=C1CNC(C(=O)Nc2c(Cl)ccc3scnc23)CN1. The Bertz CT molecular complexity index is 677. The number of nitrogens with one attached hydrogen (secondary N) is 3. The van der Waals surface area contributed by atoms with Crippen LogP contribution in [0, 0.1) is 0 Å². The minimum Gasteiger partial charge on any atom is -0.353 e. The van der Waals surface area contributed by atoms with Gasteiger partial charge >= 0.3 is 0 Å². The molecule has 0 spiro atoms. The number of benzene rings is 1. The summed E-state index contributed by atoms with van der Waals surface area (Å²) in [5, 5.41) is 8.73. The molecule has 1 saturated heterocycles. The molecule has 6 nitrogen and oxygen atoms in total. The molecule has 0 radical (unpaired) electrons. The number of rotatable bonds is 2. The Hall–Kier alpha value is -1.70. The first-order valence-corrected chi connectivity index (χ1v) is 7.23. The number of thiazole rings is 1. The topological polar surface area (TPSA) is 83.1 Å². The van der Waals surface area contributed by atoms with Crippen molar-refractivity contribution in [3.63, 3.8) is 0 Å². The first-order chi connectivity index (χ1) is 9.65. The third-order valence-electron chi connectivity index (χ3n) is 3.03. The summed E-state index contributed by atoms with van der Waals surface area (Å²) in [6.45, 7) is 0.391. The standard InChI is InChI=1S/C12H11ClN4O2S/c13-6-1-2-8-11(16-5-20-8)10(6)17-12(19)7-3-15-9(18)4-14-7/h1-2,5,7,14H,3-4H2,(H,15,18)(H,17,19). The molecule has 0 aliphatic carbocycles. The van der Waals surface area contributed by atoms with E-state index in [1.54, 1.807) is 11.6 Å². The van der Waals surface area contributed by atoms with Gasteiger partial charge in [-0.15, -0.1) is 11.3 Å². The molecular weight excluding hydrogens is 300 g/mol. The van der Waals surface area contributed by atoms with Crippen molar-refractivity contribution in [3.8, 4) is 0 Å². The highest BCUT2D eigenvalue weighted by molar-refractivity contribution is 7.16. The van der Waals surface area contributed by atoms with Crippen LogP contribution < -0.4 is 16.0 Å². The molecule has 1 aromatic carbocycles. The fraction of sp³-hybridized carbons (Fsp3) is 0.250. The number of fused-ring (bicyclic) bond motifs is 1. The van der Waals surface area contributed by atoms with Crippen LogP contribution >= 0.6 is 22.9 Å². The number of hydrogen-bond donors (Lipinski definition) is 3. The predicted octanol–water partition coefficient (Wildman–Crippen LogP) is 0.976. The Balaban J connectivity index is 1.82. The fourth-order valence-corrected chi connectivity index (χ4v) is 2.87. The van der Waals surface area contributed by atoms with E-state index < -0.39 is 6.04 Å². The second kappa shape index (κ2) is 5.35. The van der Waals surface area contributed by atoms with Crippen LogP contribution in [0.15, 0.2) is 17.6 Å². The molecule has 1 unspecified atom stereocenters. The van der Waals surface area contributed by atoms with Gasteiger partial charge in [0.25, 0.3) is 0 Å². The van der Waals surface area contributed by atoms with Gasteiger partial charge in [0.05, 0.1) is 27.5 Å². The van der Waals surface area contributed by atoms with E-state index in [1.165, 1.54) is 11.3 Å². The van der Waals surface area contributed by atoms with Crippen molar-refractivity contribution in [2.75, 3.05) is 18.4 Å². The number of nitrogens with zero attached hydrogens (tertiary/aromatic N) is 1. The fourth-order valence-electron chi connectivity index (χ4n) is 1.99. The van der Waals surface area contributed by atoms with Crippen LogP contribution in [0.3, 0.4) is 0 Å². The number of halogens is 1. The summed E-state index contributed by atoms with van der Waals surface area (Å²) in [5.41, 5.74) is 2.89. The number of anilines is 1. The highest BCUT2D eigenvalue weighted by Crippen LogP contribution is 2.32. The summed E-state index contributed by atoms with van der Waals surface area (Å²) in [6, 6.07) is 3.12. The van der Waals surface area contributed by atoms with Gasteiger partial charge < -0.3 is 10.6 Å². The lowest BCUT2D eigenvalue weighted by molar-refractivity contribution is -0.124. The molecule has 1 atom stereocenters. The van der Waals surface area contributed by atoms with Crippen molar-refractivity contribution >= 4 is 50.7 Å². The molecule has 1 aliphatic rings. The van der Waals surface area contributed by atoms with E-state index in [9.17, 15) is 9.59 Å². The summed E-state index contributed by atoms with van der Waals surface area (Å²) in [4.78, 5) is 27.5. The first-order valence-electron chi connectivity index (χ1n) is 5.98. The Morgan fingerprint density at radius 2 is 2.35 bits per heavy atom. The number of carbonyl (C=O) groups excluding carboxylic acids is 2. The lowest BCUT2D eigenvalue weighted by atomic mass is 10.2. The predicted molar refractivity (Wildman–Crippen MR) is 78.1 cm³/mol. The molecule has 2 amide bonds. The molecule has 2 heterocycles. The lowest BCUT2D eigenvalue weighted by Gasteiger charge is -2.23. The Kier molecular flexibility index (Phi) is 3.56. The molecule has 1 fully saturated rings. The average Bonchev–Trinajstić information content (AvgIpc) is 2.91. The van der Waals surface area contributed by atoms with E-state index in [4.69, 9.17) is 11.6 Å². The Labute approximate surface area is 123 Å². The van der Waals surface area contributed by atoms with E-state index in [1.807, 2.05) is 6.07 Å². The van der Waals surface area contributed by atoms with Gasteiger partial charge in [-0.1, -0.05) is 11.6 Å². The van der Waals surface area contributed by atoms with E-state index >= 15 is 0 Å². The monoisotopic (exact) mass is 310 g/mol. The third kappa shape index (κ3) is 2.47. The second-order valence-electron chi connectivity index (χ2n) is 4.35. The minimum absolute atomic E-state index is 0.117. The van der Waals surface area contributed by atoms with Gasteiger partial charge in [-0.25, -0.2) is 4.98 Å². The molecule has 20 heavy (non-hydrogen) atoms. The Morgan fingerprint density at radius 1 is 1.50 bits per heavy atom. The van der Waals surface area contributed by atoms with Gasteiger partial charge in [-0.2, -0.15) is 0 Å².